The summed E-state index contributed by atoms with van der Waals surface area (Å²) in [5.74, 6) is 1.50. The highest BCUT2D eigenvalue weighted by atomic mass is 32.2. The molecule has 126 valence electrons. The first kappa shape index (κ1) is 16.5. The van der Waals surface area contributed by atoms with Gasteiger partial charge in [-0.2, -0.15) is 15.0 Å². The minimum atomic E-state index is 0.0113. The fourth-order valence-electron chi connectivity index (χ4n) is 2.59. The largest absolute Gasteiger partial charge is 0.368 e. The van der Waals surface area contributed by atoms with Crippen LogP contribution in [0.2, 0.25) is 0 Å². The van der Waals surface area contributed by atoms with Crippen LogP contribution >= 0.6 is 11.8 Å². The van der Waals surface area contributed by atoms with Gasteiger partial charge in [0.15, 0.2) is 0 Å². The van der Waals surface area contributed by atoms with Crippen LogP contribution < -0.4 is 16.8 Å². The van der Waals surface area contributed by atoms with Crippen molar-refractivity contribution in [2.24, 2.45) is 0 Å². The molecule has 1 fully saturated rings. The van der Waals surface area contributed by atoms with E-state index in [9.17, 15) is 4.79 Å². The van der Waals surface area contributed by atoms with Gasteiger partial charge in [-0.05, 0) is 18.4 Å². The molecule has 1 aliphatic carbocycles. The fraction of sp³-hybridized carbons (Fsp3) is 0.375. The smallest absolute Gasteiger partial charge is 0.230 e. The van der Waals surface area contributed by atoms with Crippen molar-refractivity contribution in [1.82, 2.24) is 20.3 Å². The van der Waals surface area contributed by atoms with Crippen LogP contribution in [0, 0.1) is 0 Å². The van der Waals surface area contributed by atoms with Crippen molar-refractivity contribution in [3.05, 3.63) is 41.7 Å². The average molecular weight is 344 g/mol. The highest BCUT2D eigenvalue weighted by molar-refractivity contribution is 7.99. The summed E-state index contributed by atoms with van der Waals surface area (Å²) in [4.78, 5) is 23.7. The molecule has 0 unspecified atom stereocenters. The Labute approximate surface area is 144 Å². The lowest BCUT2D eigenvalue weighted by Crippen LogP contribution is -2.33. The summed E-state index contributed by atoms with van der Waals surface area (Å²) < 4.78 is 0. The summed E-state index contributed by atoms with van der Waals surface area (Å²) in [5.41, 5.74) is 12.5. The van der Waals surface area contributed by atoms with Crippen LogP contribution in [-0.2, 0) is 16.0 Å². The highest BCUT2D eigenvalue weighted by Crippen LogP contribution is 2.47. The second kappa shape index (κ2) is 7.04. The summed E-state index contributed by atoms with van der Waals surface area (Å²) in [6, 6.07) is 10.3. The maximum Gasteiger partial charge on any atom is 0.230 e. The Kier molecular flexibility index (Phi) is 4.84. The third kappa shape index (κ3) is 4.14. The fourth-order valence-corrected chi connectivity index (χ4v) is 3.29. The number of rotatable bonds is 7. The molecule has 2 aromatic rings. The summed E-state index contributed by atoms with van der Waals surface area (Å²) in [5, 5.41) is 3.03. The van der Waals surface area contributed by atoms with Crippen LogP contribution in [0.5, 0.6) is 0 Å². The number of carbonyl (C=O) groups is 1. The molecule has 0 radical (unpaired) electrons. The van der Waals surface area contributed by atoms with Gasteiger partial charge in [0, 0.05) is 12.0 Å². The van der Waals surface area contributed by atoms with E-state index in [0.717, 1.165) is 12.8 Å². The van der Waals surface area contributed by atoms with Gasteiger partial charge in [-0.3, -0.25) is 4.79 Å². The van der Waals surface area contributed by atoms with Gasteiger partial charge in [0.25, 0.3) is 0 Å². The molecule has 5 N–H and O–H groups in total. The highest BCUT2D eigenvalue weighted by Gasteiger charge is 2.44. The summed E-state index contributed by atoms with van der Waals surface area (Å²) in [7, 11) is 0. The molecule has 1 amide bonds. The van der Waals surface area contributed by atoms with E-state index in [2.05, 4.69) is 32.4 Å². The van der Waals surface area contributed by atoms with Gasteiger partial charge in [0.2, 0.25) is 17.8 Å². The van der Waals surface area contributed by atoms with Crippen LogP contribution in [0.4, 0.5) is 11.9 Å². The van der Waals surface area contributed by atoms with Crippen LogP contribution in [0.3, 0.4) is 0 Å². The Morgan fingerprint density at radius 3 is 2.42 bits per heavy atom. The number of nitrogens with one attached hydrogen (secondary N) is 1. The third-order valence-electron chi connectivity index (χ3n) is 4.04. The van der Waals surface area contributed by atoms with Crippen LogP contribution in [0.15, 0.2) is 30.3 Å². The maximum atomic E-state index is 12.0. The van der Waals surface area contributed by atoms with Gasteiger partial charge in [-0.1, -0.05) is 30.3 Å². The molecular weight excluding hydrogens is 324 g/mol. The maximum absolute atomic E-state index is 12.0. The zero-order valence-corrected chi connectivity index (χ0v) is 14.1. The van der Waals surface area contributed by atoms with Gasteiger partial charge >= 0.3 is 0 Å². The van der Waals surface area contributed by atoms with Crippen LogP contribution in [0.25, 0.3) is 0 Å². The Morgan fingerprint density at radius 1 is 1.12 bits per heavy atom. The summed E-state index contributed by atoms with van der Waals surface area (Å²) in [6.07, 6.45) is 2.24. The number of hydrogen-bond donors (Lipinski definition) is 3. The van der Waals surface area contributed by atoms with E-state index in [4.69, 9.17) is 11.5 Å². The van der Waals surface area contributed by atoms with Crippen LogP contribution in [-0.4, -0.2) is 33.2 Å². The van der Waals surface area contributed by atoms with Gasteiger partial charge in [-0.15, -0.1) is 11.8 Å². The van der Waals surface area contributed by atoms with E-state index in [1.54, 1.807) is 0 Å². The summed E-state index contributed by atoms with van der Waals surface area (Å²) in [6.45, 7) is 0.683. The quantitative estimate of drug-likeness (QED) is 0.688. The molecule has 0 bridgehead atoms. The van der Waals surface area contributed by atoms with Crippen molar-refractivity contribution in [3.8, 4) is 0 Å². The molecule has 0 spiro atoms. The molecule has 0 saturated heterocycles. The topological polar surface area (TPSA) is 120 Å². The Hall–Kier alpha value is -2.35. The third-order valence-corrected chi connectivity index (χ3v) is 4.97. The molecule has 1 aromatic heterocycles. The molecule has 0 aliphatic heterocycles. The SMILES string of the molecule is Nc1nc(N)nc(CSCC(=O)NCC2(c3ccccc3)CC2)n1. The number of thioether (sulfide) groups is 1. The van der Waals surface area contributed by atoms with Gasteiger partial charge in [0.1, 0.15) is 5.82 Å². The lowest BCUT2D eigenvalue weighted by atomic mass is 9.96. The van der Waals surface area contributed by atoms with Gasteiger partial charge in [0.05, 0.1) is 11.5 Å². The number of hydrogen-bond acceptors (Lipinski definition) is 7. The number of benzene rings is 1. The number of nitrogens with two attached hydrogens (primary N) is 2. The van der Waals surface area contributed by atoms with E-state index in [-0.39, 0.29) is 23.2 Å². The molecule has 24 heavy (non-hydrogen) atoms. The second-order valence-corrected chi connectivity index (χ2v) is 6.87. The minimum absolute atomic E-state index is 0.0113. The van der Waals surface area contributed by atoms with E-state index in [0.29, 0.717) is 23.9 Å². The molecule has 1 saturated carbocycles. The Morgan fingerprint density at radius 2 is 1.79 bits per heavy atom. The van der Waals surface area contributed by atoms with Crippen molar-refractivity contribution in [1.29, 1.82) is 0 Å². The van der Waals surface area contributed by atoms with Crippen molar-refractivity contribution >= 4 is 29.6 Å². The number of carbonyl (C=O) groups excluding carboxylic acids is 1. The molecule has 8 heteroatoms. The first-order chi connectivity index (χ1) is 11.6. The lowest BCUT2D eigenvalue weighted by Gasteiger charge is -2.16. The standard InChI is InChI=1S/C16H20N6OS/c17-14-20-12(21-15(18)22-14)8-24-9-13(23)19-10-16(6-7-16)11-4-2-1-3-5-11/h1-5H,6-10H2,(H,19,23)(H4,17,18,20,21,22). The van der Waals surface area contributed by atoms with Crippen molar-refractivity contribution in [2.45, 2.75) is 24.0 Å². The number of anilines is 2. The molecule has 3 rings (SSSR count). The predicted molar refractivity (Wildman–Crippen MR) is 95.2 cm³/mol. The van der Waals surface area contributed by atoms with E-state index < -0.39 is 0 Å². The van der Waals surface area contributed by atoms with E-state index >= 15 is 0 Å². The Bertz CT molecular complexity index is 700. The first-order valence-electron chi connectivity index (χ1n) is 7.73. The van der Waals surface area contributed by atoms with Gasteiger partial charge in [-0.25, -0.2) is 0 Å². The second-order valence-electron chi connectivity index (χ2n) is 5.88. The van der Waals surface area contributed by atoms with E-state index in [1.807, 2.05) is 18.2 Å². The van der Waals surface area contributed by atoms with Crippen LogP contribution in [0.1, 0.15) is 24.2 Å². The van der Waals surface area contributed by atoms with E-state index in [1.165, 1.54) is 17.3 Å². The van der Waals surface area contributed by atoms with Crippen molar-refractivity contribution in [2.75, 3.05) is 23.8 Å². The molecule has 7 nitrogen and oxygen atoms in total. The molecule has 1 aliphatic rings. The average Bonchev–Trinajstić information content (AvgIpc) is 3.34. The molecule has 1 heterocycles. The molecular formula is C16H20N6OS. The van der Waals surface area contributed by atoms with Gasteiger partial charge < -0.3 is 16.8 Å². The number of nitrogens with zero attached hydrogens (tertiary/aromatic N) is 3. The number of aromatic nitrogens is 3. The first-order valence-corrected chi connectivity index (χ1v) is 8.89. The van der Waals surface area contributed by atoms with Crippen molar-refractivity contribution < 1.29 is 4.79 Å². The number of nitrogen functional groups attached to an aromatic ring is 2. The zero-order valence-electron chi connectivity index (χ0n) is 13.2. The molecule has 1 aromatic carbocycles. The molecule has 0 atom stereocenters. The lowest BCUT2D eigenvalue weighted by molar-refractivity contribution is -0.118. The number of amides is 1. The predicted octanol–water partition coefficient (Wildman–Crippen LogP) is 1.12. The minimum Gasteiger partial charge on any atom is -0.368 e. The Balaban J connectivity index is 1.43. The van der Waals surface area contributed by atoms with Crippen molar-refractivity contribution in [3.63, 3.8) is 0 Å². The summed E-state index contributed by atoms with van der Waals surface area (Å²) >= 11 is 1.42. The zero-order chi connectivity index (χ0) is 17.0. The normalized spacial score (nSPS) is 15.0. The monoisotopic (exact) mass is 344 g/mol.